The number of hydrogen-bond donors (Lipinski definition) is 1. The fraction of sp³-hybridized carbons (Fsp3) is 0.400. The minimum Gasteiger partial charge on any atom is -0.383 e. The zero-order valence-corrected chi connectivity index (χ0v) is 10.1. The van der Waals surface area contributed by atoms with E-state index in [-0.39, 0.29) is 24.1 Å². The van der Waals surface area contributed by atoms with Crippen molar-refractivity contribution in [1.29, 1.82) is 0 Å². The van der Waals surface area contributed by atoms with Gasteiger partial charge in [0.2, 0.25) is 0 Å². The summed E-state index contributed by atoms with van der Waals surface area (Å²) in [4.78, 5) is 0. The molecule has 1 nitrogen and oxygen atoms in total. The minimum atomic E-state index is -4.17. The fourth-order valence-corrected chi connectivity index (χ4v) is 1.85. The van der Waals surface area contributed by atoms with Gasteiger partial charge in [-0.15, -0.1) is 0 Å². The summed E-state index contributed by atoms with van der Waals surface area (Å²) in [7, 11) is 0. The highest BCUT2D eigenvalue weighted by Gasteiger charge is 2.27. The number of halogens is 4. The third-order valence-electron chi connectivity index (χ3n) is 1.81. The second-order valence-electron chi connectivity index (χ2n) is 3.20. The molecule has 0 aromatic heterocycles. The van der Waals surface area contributed by atoms with Crippen LogP contribution in [0, 0.1) is 6.92 Å². The van der Waals surface area contributed by atoms with Gasteiger partial charge in [-0.05, 0) is 36.4 Å². The first kappa shape index (κ1) is 13.5. The quantitative estimate of drug-likeness (QED) is 0.818. The van der Waals surface area contributed by atoms with E-state index in [1.165, 1.54) is 0 Å². The minimum absolute atomic E-state index is 0.0340. The zero-order chi connectivity index (χ0) is 12.2. The molecule has 0 atom stereocenters. The first-order chi connectivity index (χ1) is 7.38. The van der Waals surface area contributed by atoms with Gasteiger partial charge in [-0.25, -0.2) is 0 Å². The van der Waals surface area contributed by atoms with Gasteiger partial charge in [0.05, 0.1) is 10.7 Å². The maximum atomic E-state index is 11.8. The average Bonchev–Trinajstić information content (AvgIpc) is 2.13. The lowest BCUT2D eigenvalue weighted by Gasteiger charge is -2.09. The van der Waals surface area contributed by atoms with Crippen LogP contribution in [0.15, 0.2) is 18.2 Å². The normalized spacial score (nSPS) is 11.6. The Morgan fingerprint density at radius 1 is 1.38 bits per heavy atom. The Balaban J connectivity index is 2.38. The molecule has 0 saturated carbocycles. The molecule has 0 amide bonds. The van der Waals surface area contributed by atoms with Gasteiger partial charge in [-0.1, -0.05) is 17.7 Å². The SMILES string of the molecule is Cc1ccc(NCCSC(F)(F)F)c(Cl)c1. The smallest absolute Gasteiger partial charge is 0.383 e. The van der Waals surface area contributed by atoms with Crippen molar-refractivity contribution in [3.05, 3.63) is 28.8 Å². The van der Waals surface area contributed by atoms with Gasteiger partial charge in [0.25, 0.3) is 0 Å². The fourth-order valence-electron chi connectivity index (χ4n) is 1.12. The molecule has 0 aliphatic carbocycles. The molecular formula is C10H11ClF3NS. The summed E-state index contributed by atoms with van der Waals surface area (Å²) in [5.74, 6) is -0.0340. The van der Waals surface area contributed by atoms with Gasteiger partial charge in [0, 0.05) is 12.3 Å². The van der Waals surface area contributed by atoms with Crippen LogP contribution < -0.4 is 5.32 Å². The Bertz CT molecular complexity index is 354. The van der Waals surface area contributed by atoms with Crippen LogP contribution in [0.5, 0.6) is 0 Å². The lowest BCUT2D eigenvalue weighted by molar-refractivity contribution is -0.0327. The van der Waals surface area contributed by atoms with Gasteiger partial charge < -0.3 is 5.32 Å². The summed E-state index contributed by atoms with van der Waals surface area (Å²) >= 11 is 5.86. The summed E-state index contributed by atoms with van der Waals surface area (Å²) in [6.07, 6.45) is 0. The molecule has 0 spiro atoms. The highest BCUT2D eigenvalue weighted by atomic mass is 35.5. The summed E-state index contributed by atoms with van der Waals surface area (Å²) in [6.45, 7) is 2.13. The molecular weight excluding hydrogens is 259 g/mol. The summed E-state index contributed by atoms with van der Waals surface area (Å²) in [5, 5.41) is 3.38. The molecule has 0 saturated heterocycles. The first-order valence-electron chi connectivity index (χ1n) is 4.59. The molecule has 0 radical (unpaired) electrons. The van der Waals surface area contributed by atoms with Crippen LogP contribution in [0.25, 0.3) is 0 Å². The number of hydrogen-bond acceptors (Lipinski definition) is 2. The maximum Gasteiger partial charge on any atom is 0.441 e. The Morgan fingerprint density at radius 2 is 2.06 bits per heavy atom. The van der Waals surface area contributed by atoms with Crippen LogP contribution in [-0.2, 0) is 0 Å². The highest BCUT2D eigenvalue weighted by Crippen LogP contribution is 2.30. The number of nitrogens with one attached hydrogen (secondary N) is 1. The monoisotopic (exact) mass is 269 g/mol. The van der Waals surface area contributed by atoms with Crippen LogP contribution >= 0.6 is 23.4 Å². The maximum absolute atomic E-state index is 11.8. The van der Waals surface area contributed by atoms with E-state index in [4.69, 9.17) is 11.6 Å². The molecule has 6 heteroatoms. The molecule has 1 rings (SSSR count). The Labute approximate surface area is 101 Å². The van der Waals surface area contributed by atoms with Crippen LogP contribution in [-0.4, -0.2) is 17.8 Å². The van der Waals surface area contributed by atoms with E-state index in [9.17, 15) is 13.2 Å². The van der Waals surface area contributed by atoms with E-state index >= 15 is 0 Å². The van der Waals surface area contributed by atoms with Crippen LogP contribution in [0.1, 0.15) is 5.56 Å². The molecule has 1 aromatic carbocycles. The molecule has 0 aliphatic heterocycles. The lowest BCUT2D eigenvalue weighted by atomic mass is 10.2. The second-order valence-corrected chi connectivity index (χ2v) is 4.77. The van der Waals surface area contributed by atoms with Crippen LogP contribution in [0.2, 0.25) is 5.02 Å². The zero-order valence-electron chi connectivity index (χ0n) is 8.57. The van der Waals surface area contributed by atoms with Gasteiger partial charge in [0.1, 0.15) is 0 Å². The van der Waals surface area contributed by atoms with Gasteiger partial charge in [-0.2, -0.15) is 13.2 Å². The Hall–Kier alpha value is -0.550. The molecule has 0 fully saturated rings. The molecule has 0 bridgehead atoms. The first-order valence-corrected chi connectivity index (χ1v) is 5.95. The van der Waals surface area contributed by atoms with Gasteiger partial charge in [0.15, 0.2) is 0 Å². The number of rotatable bonds is 4. The van der Waals surface area contributed by atoms with Crippen molar-refractivity contribution < 1.29 is 13.2 Å². The molecule has 1 N–H and O–H groups in total. The van der Waals surface area contributed by atoms with E-state index in [1.807, 2.05) is 13.0 Å². The standard InChI is InChI=1S/C10H11ClF3NS/c1-7-2-3-9(8(11)6-7)15-4-5-16-10(12,13)14/h2-3,6,15H,4-5H2,1H3. The Morgan fingerprint density at radius 3 is 2.62 bits per heavy atom. The molecule has 90 valence electrons. The molecule has 0 heterocycles. The van der Waals surface area contributed by atoms with Crippen molar-refractivity contribution in [2.45, 2.75) is 12.4 Å². The topological polar surface area (TPSA) is 12.0 Å². The summed E-state index contributed by atoms with van der Waals surface area (Å²) in [5.41, 5.74) is -2.49. The predicted octanol–water partition coefficient (Wildman–Crippen LogP) is 4.31. The van der Waals surface area contributed by atoms with E-state index in [0.29, 0.717) is 10.7 Å². The number of thioether (sulfide) groups is 1. The van der Waals surface area contributed by atoms with Crippen molar-refractivity contribution >= 4 is 29.1 Å². The van der Waals surface area contributed by atoms with Gasteiger partial charge >= 0.3 is 5.51 Å². The lowest BCUT2D eigenvalue weighted by Crippen LogP contribution is -2.09. The van der Waals surface area contributed by atoms with E-state index < -0.39 is 5.51 Å². The second kappa shape index (κ2) is 5.68. The molecule has 1 aromatic rings. The molecule has 16 heavy (non-hydrogen) atoms. The Kier molecular flexibility index (Phi) is 4.80. The number of alkyl halides is 3. The van der Waals surface area contributed by atoms with E-state index in [0.717, 1.165) is 5.56 Å². The van der Waals surface area contributed by atoms with Crippen molar-refractivity contribution in [1.82, 2.24) is 0 Å². The van der Waals surface area contributed by atoms with E-state index in [1.54, 1.807) is 12.1 Å². The largest absolute Gasteiger partial charge is 0.441 e. The van der Waals surface area contributed by atoms with Crippen LogP contribution in [0.3, 0.4) is 0 Å². The molecule has 0 aliphatic rings. The summed E-state index contributed by atoms with van der Waals surface area (Å²) < 4.78 is 35.5. The van der Waals surface area contributed by atoms with Crippen LogP contribution in [0.4, 0.5) is 18.9 Å². The van der Waals surface area contributed by atoms with Crippen molar-refractivity contribution in [2.75, 3.05) is 17.6 Å². The number of benzene rings is 1. The molecule has 0 unspecified atom stereocenters. The average molecular weight is 270 g/mol. The number of anilines is 1. The third-order valence-corrected chi connectivity index (χ3v) is 2.86. The van der Waals surface area contributed by atoms with Crippen molar-refractivity contribution in [3.8, 4) is 0 Å². The highest BCUT2D eigenvalue weighted by molar-refractivity contribution is 8.00. The van der Waals surface area contributed by atoms with Crippen molar-refractivity contribution in [2.24, 2.45) is 0 Å². The third kappa shape index (κ3) is 4.99. The number of aryl methyl sites for hydroxylation is 1. The van der Waals surface area contributed by atoms with E-state index in [2.05, 4.69) is 5.32 Å². The van der Waals surface area contributed by atoms with Gasteiger partial charge in [-0.3, -0.25) is 0 Å². The van der Waals surface area contributed by atoms with Crippen molar-refractivity contribution in [3.63, 3.8) is 0 Å². The summed E-state index contributed by atoms with van der Waals surface area (Å²) in [6, 6.07) is 5.38. The predicted molar refractivity (Wildman–Crippen MR) is 63.2 cm³/mol.